The molecular formula is C35H42O5Si. The molecule has 0 saturated carbocycles. The van der Waals surface area contributed by atoms with Crippen molar-refractivity contribution in [1.29, 1.82) is 0 Å². The Morgan fingerprint density at radius 3 is 1.98 bits per heavy atom. The summed E-state index contributed by atoms with van der Waals surface area (Å²) in [6.45, 7) is 7.71. The van der Waals surface area contributed by atoms with E-state index in [1.54, 1.807) is 13.4 Å². The van der Waals surface area contributed by atoms with Gasteiger partial charge in [0.05, 0.1) is 26.1 Å². The summed E-state index contributed by atoms with van der Waals surface area (Å²) < 4.78 is 23.7. The minimum Gasteiger partial charge on any atom is -0.497 e. The van der Waals surface area contributed by atoms with Gasteiger partial charge in [-0.3, -0.25) is 0 Å². The smallest absolute Gasteiger partial charge is 0.337 e. The maximum atomic E-state index is 13.0. The number of rotatable bonds is 11. The SMILES string of the molecule is COC(=O)/C(=C/OCc1ccc(OC)cc1)[C@H]1CC=CC[C@H]1CO[Si](c1ccccc1)(c1ccccc1)C(C)(C)C. The van der Waals surface area contributed by atoms with Crippen LogP contribution in [-0.4, -0.2) is 35.1 Å². The van der Waals surface area contributed by atoms with E-state index in [4.69, 9.17) is 18.6 Å². The number of carbonyl (C=O) groups is 1. The van der Waals surface area contributed by atoms with Crippen molar-refractivity contribution in [3.05, 3.63) is 114 Å². The van der Waals surface area contributed by atoms with Gasteiger partial charge in [0.2, 0.25) is 0 Å². The first kappa shape index (κ1) is 30.3. The first-order valence-electron chi connectivity index (χ1n) is 14.2. The molecule has 0 amide bonds. The highest BCUT2D eigenvalue weighted by Crippen LogP contribution is 2.39. The number of methoxy groups -OCH3 is 2. The molecular weight excluding hydrogens is 528 g/mol. The summed E-state index contributed by atoms with van der Waals surface area (Å²) in [7, 11) is 0.353. The second-order valence-electron chi connectivity index (χ2n) is 11.5. The summed E-state index contributed by atoms with van der Waals surface area (Å²) in [5, 5.41) is 2.36. The van der Waals surface area contributed by atoms with Gasteiger partial charge in [0.1, 0.15) is 12.4 Å². The number of allylic oxidation sites excluding steroid dienone is 2. The van der Waals surface area contributed by atoms with Crippen LogP contribution in [0.2, 0.25) is 5.04 Å². The summed E-state index contributed by atoms with van der Waals surface area (Å²) in [5.74, 6) is 0.436. The molecule has 0 N–H and O–H groups in total. The monoisotopic (exact) mass is 570 g/mol. The standard InChI is InChI=1S/C35H42O5Si/c1-35(2,3)41(30-15-8-6-9-16-30,31-17-10-7-11-18-31)40-25-28-14-12-13-19-32(28)33(34(36)38-5)26-39-24-27-20-22-29(37-4)23-21-27/h6-13,15-18,20-23,26,28,32H,14,19,24-25H2,1-5H3/b33-26+/t28-,32-/m0/s1. The summed E-state index contributed by atoms with van der Waals surface area (Å²) in [6.07, 6.45) is 7.47. The molecule has 0 fully saturated rings. The Bertz CT molecular complexity index is 1270. The molecule has 1 aliphatic rings. The van der Waals surface area contributed by atoms with Gasteiger partial charge in [0, 0.05) is 12.5 Å². The van der Waals surface area contributed by atoms with Crippen molar-refractivity contribution >= 4 is 24.7 Å². The van der Waals surface area contributed by atoms with Crippen LogP contribution >= 0.6 is 0 Å². The van der Waals surface area contributed by atoms with Crippen LogP contribution in [0.25, 0.3) is 0 Å². The second kappa shape index (κ2) is 13.8. The summed E-state index contributed by atoms with van der Waals surface area (Å²) >= 11 is 0. The first-order chi connectivity index (χ1) is 19.8. The van der Waals surface area contributed by atoms with Gasteiger partial charge in [-0.25, -0.2) is 4.79 Å². The minimum absolute atomic E-state index is 0.0819. The van der Waals surface area contributed by atoms with E-state index in [9.17, 15) is 4.79 Å². The maximum Gasteiger partial charge on any atom is 0.337 e. The molecule has 41 heavy (non-hydrogen) atoms. The third-order valence-electron chi connectivity index (χ3n) is 7.94. The molecule has 0 aliphatic heterocycles. The van der Waals surface area contributed by atoms with Gasteiger partial charge in [-0.15, -0.1) is 0 Å². The maximum absolute atomic E-state index is 13.0. The molecule has 3 aromatic carbocycles. The van der Waals surface area contributed by atoms with Gasteiger partial charge in [-0.05, 0) is 51.9 Å². The van der Waals surface area contributed by atoms with Crippen molar-refractivity contribution in [3.8, 4) is 5.75 Å². The van der Waals surface area contributed by atoms with Crippen molar-refractivity contribution in [2.75, 3.05) is 20.8 Å². The molecule has 0 unspecified atom stereocenters. The molecule has 0 saturated heterocycles. The van der Waals surface area contributed by atoms with E-state index in [0.717, 1.165) is 24.2 Å². The molecule has 5 nitrogen and oxygen atoms in total. The van der Waals surface area contributed by atoms with Gasteiger partial charge in [0.25, 0.3) is 8.32 Å². The van der Waals surface area contributed by atoms with E-state index in [1.165, 1.54) is 17.5 Å². The third-order valence-corrected chi connectivity index (χ3v) is 12.9. The Balaban J connectivity index is 1.62. The lowest BCUT2D eigenvalue weighted by Gasteiger charge is -2.44. The summed E-state index contributed by atoms with van der Waals surface area (Å²) in [4.78, 5) is 13.0. The van der Waals surface area contributed by atoms with E-state index in [-0.39, 0.29) is 22.8 Å². The van der Waals surface area contributed by atoms with Crippen LogP contribution in [-0.2, 0) is 25.3 Å². The van der Waals surface area contributed by atoms with Gasteiger partial charge < -0.3 is 18.6 Å². The Morgan fingerprint density at radius 2 is 1.44 bits per heavy atom. The van der Waals surface area contributed by atoms with Gasteiger partial charge in [-0.2, -0.15) is 0 Å². The van der Waals surface area contributed by atoms with E-state index in [0.29, 0.717) is 18.8 Å². The molecule has 1 aliphatic carbocycles. The molecule has 3 aromatic rings. The van der Waals surface area contributed by atoms with Crippen molar-refractivity contribution in [3.63, 3.8) is 0 Å². The lowest BCUT2D eigenvalue weighted by Crippen LogP contribution is -2.67. The molecule has 0 heterocycles. The van der Waals surface area contributed by atoms with Gasteiger partial charge in [0.15, 0.2) is 0 Å². The zero-order chi connectivity index (χ0) is 29.3. The quantitative estimate of drug-likeness (QED) is 0.0875. The molecule has 4 rings (SSSR count). The summed E-state index contributed by atoms with van der Waals surface area (Å²) in [6, 6.07) is 29.0. The molecule has 2 atom stereocenters. The Kier molecular flexibility index (Phi) is 10.2. The molecule has 0 bridgehead atoms. The Labute approximate surface area is 245 Å². The minimum atomic E-state index is -2.71. The van der Waals surface area contributed by atoms with E-state index in [2.05, 4.69) is 93.6 Å². The zero-order valence-corrected chi connectivity index (χ0v) is 25.8. The van der Waals surface area contributed by atoms with Crippen molar-refractivity contribution in [1.82, 2.24) is 0 Å². The molecule has 6 heteroatoms. The highest BCUT2D eigenvalue weighted by molar-refractivity contribution is 6.99. The fraction of sp³-hybridized carbons (Fsp3) is 0.343. The van der Waals surface area contributed by atoms with Crippen molar-refractivity contribution in [2.24, 2.45) is 11.8 Å². The zero-order valence-electron chi connectivity index (χ0n) is 24.8. The molecule has 0 spiro atoms. The number of ether oxygens (including phenoxy) is 3. The van der Waals surface area contributed by atoms with Crippen LogP contribution in [0, 0.1) is 11.8 Å². The highest BCUT2D eigenvalue weighted by atomic mass is 28.4. The van der Waals surface area contributed by atoms with E-state index < -0.39 is 8.32 Å². The number of hydrogen-bond acceptors (Lipinski definition) is 5. The Morgan fingerprint density at radius 1 is 0.854 bits per heavy atom. The molecule has 216 valence electrons. The largest absolute Gasteiger partial charge is 0.497 e. The molecule has 0 radical (unpaired) electrons. The normalized spacial score (nSPS) is 17.6. The highest BCUT2D eigenvalue weighted by Gasteiger charge is 2.50. The van der Waals surface area contributed by atoms with Crippen molar-refractivity contribution in [2.45, 2.75) is 45.3 Å². The van der Waals surface area contributed by atoms with Gasteiger partial charge >= 0.3 is 5.97 Å². The number of esters is 1. The number of carbonyl (C=O) groups excluding carboxylic acids is 1. The Hall–Kier alpha value is -3.61. The fourth-order valence-electron chi connectivity index (χ4n) is 5.78. The number of hydrogen-bond donors (Lipinski definition) is 0. The average Bonchev–Trinajstić information content (AvgIpc) is 3.00. The fourth-order valence-corrected chi connectivity index (χ4v) is 10.4. The lowest BCUT2D eigenvalue weighted by atomic mass is 9.79. The lowest BCUT2D eigenvalue weighted by molar-refractivity contribution is -0.137. The van der Waals surface area contributed by atoms with E-state index in [1.807, 2.05) is 24.3 Å². The first-order valence-corrected chi connectivity index (χ1v) is 16.1. The van der Waals surface area contributed by atoms with E-state index >= 15 is 0 Å². The second-order valence-corrected chi connectivity index (χ2v) is 15.8. The van der Waals surface area contributed by atoms with Crippen LogP contribution < -0.4 is 15.1 Å². The summed E-state index contributed by atoms with van der Waals surface area (Å²) in [5.41, 5.74) is 1.53. The topological polar surface area (TPSA) is 54.0 Å². The predicted octanol–water partition coefficient (Wildman–Crippen LogP) is 6.43. The van der Waals surface area contributed by atoms with Crippen LogP contribution in [0.4, 0.5) is 0 Å². The van der Waals surface area contributed by atoms with Gasteiger partial charge in [-0.1, -0.05) is 106 Å². The average molecular weight is 571 g/mol. The predicted molar refractivity (Wildman–Crippen MR) is 167 cm³/mol. The van der Waals surface area contributed by atoms with Crippen LogP contribution in [0.1, 0.15) is 39.2 Å². The molecule has 0 aromatic heterocycles. The van der Waals surface area contributed by atoms with Crippen LogP contribution in [0.15, 0.2) is 109 Å². The number of benzene rings is 3. The third kappa shape index (κ3) is 7.00. The van der Waals surface area contributed by atoms with Crippen molar-refractivity contribution < 1.29 is 23.4 Å². The van der Waals surface area contributed by atoms with Crippen LogP contribution in [0.5, 0.6) is 5.75 Å². The van der Waals surface area contributed by atoms with Crippen LogP contribution in [0.3, 0.4) is 0 Å².